The van der Waals surface area contributed by atoms with E-state index >= 15 is 0 Å². The van der Waals surface area contributed by atoms with Crippen molar-refractivity contribution in [3.8, 4) is 0 Å². The molecule has 0 bridgehead atoms. The van der Waals surface area contributed by atoms with E-state index in [9.17, 15) is 13.5 Å². The lowest BCUT2D eigenvalue weighted by atomic mass is 9.79. The lowest BCUT2D eigenvalue weighted by Crippen LogP contribution is -2.43. The number of aliphatic hydroxyl groups excluding tert-OH is 1. The van der Waals surface area contributed by atoms with E-state index in [0.717, 1.165) is 5.56 Å². The van der Waals surface area contributed by atoms with Crippen molar-refractivity contribution < 1.29 is 18.3 Å². The molecule has 0 heterocycles. The summed E-state index contributed by atoms with van der Waals surface area (Å²) in [7, 11) is -3.77. The van der Waals surface area contributed by atoms with Crippen LogP contribution in [0.25, 0.3) is 0 Å². The number of ether oxygens (including phenoxy) is 1. The van der Waals surface area contributed by atoms with Crippen molar-refractivity contribution in [1.29, 1.82) is 0 Å². The fourth-order valence-corrected chi connectivity index (χ4v) is 5.96. The van der Waals surface area contributed by atoms with Crippen molar-refractivity contribution in [3.05, 3.63) is 75.7 Å². The van der Waals surface area contributed by atoms with Crippen LogP contribution in [-0.4, -0.2) is 25.7 Å². The predicted molar refractivity (Wildman–Crippen MR) is 111 cm³/mol. The van der Waals surface area contributed by atoms with Gasteiger partial charge in [-0.3, -0.25) is 0 Å². The van der Waals surface area contributed by atoms with Gasteiger partial charge in [-0.1, -0.05) is 55.8 Å². The molecule has 4 atom stereocenters. The molecule has 0 saturated carbocycles. The van der Waals surface area contributed by atoms with E-state index in [1.54, 1.807) is 26.0 Å². The lowest BCUT2D eigenvalue weighted by Gasteiger charge is -2.39. The molecular formula is C22H25ClO4S. The van der Waals surface area contributed by atoms with Gasteiger partial charge >= 0.3 is 0 Å². The van der Waals surface area contributed by atoms with E-state index < -0.39 is 28.0 Å². The summed E-state index contributed by atoms with van der Waals surface area (Å²) in [5.74, 6) is -0.741. The molecule has 6 heteroatoms. The van der Waals surface area contributed by atoms with Crippen LogP contribution in [0.5, 0.6) is 0 Å². The van der Waals surface area contributed by atoms with E-state index in [4.69, 9.17) is 16.3 Å². The van der Waals surface area contributed by atoms with Crippen LogP contribution in [-0.2, 0) is 21.2 Å². The smallest absolute Gasteiger partial charge is 0.203 e. The average Bonchev–Trinajstić information content (AvgIpc) is 2.67. The van der Waals surface area contributed by atoms with E-state index in [1.165, 1.54) is 12.1 Å². The minimum Gasteiger partial charge on any atom is -0.392 e. The molecule has 150 valence electrons. The number of sulfone groups is 1. The molecule has 0 aromatic heterocycles. The highest BCUT2D eigenvalue weighted by Gasteiger charge is 2.43. The normalized spacial score (nSPS) is 25.8. The molecule has 28 heavy (non-hydrogen) atoms. The Kier molecular flexibility index (Phi) is 6.30. The van der Waals surface area contributed by atoms with Crippen molar-refractivity contribution in [3.63, 3.8) is 0 Å². The zero-order valence-electron chi connectivity index (χ0n) is 16.2. The van der Waals surface area contributed by atoms with Crippen LogP contribution in [0, 0.1) is 11.8 Å². The van der Waals surface area contributed by atoms with Crippen LogP contribution in [0.4, 0.5) is 0 Å². The molecule has 0 unspecified atom stereocenters. The van der Waals surface area contributed by atoms with Gasteiger partial charge in [-0.25, -0.2) is 8.42 Å². The second-order valence-corrected chi connectivity index (χ2v) is 9.71. The van der Waals surface area contributed by atoms with Crippen molar-refractivity contribution in [1.82, 2.24) is 0 Å². The Bertz CT molecular complexity index is 952. The zero-order chi connectivity index (χ0) is 20.5. The van der Waals surface area contributed by atoms with Crippen molar-refractivity contribution in [2.24, 2.45) is 11.8 Å². The molecule has 3 rings (SSSR count). The van der Waals surface area contributed by atoms with Crippen LogP contribution in [0.1, 0.15) is 26.3 Å². The number of halogens is 1. The molecule has 4 nitrogen and oxygen atoms in total. The highest BCUT2D eigenvalue weighted by atomic mass is 35.5. The number of hydrogen-bond acceptors (Lipinski definition) is 4. The van der Waals surface area contributed by atoms with E-state index in [1.807, 2.05) is 37.3 Å². The Balaban J connectivity index is 1.99. The van der Waals surface area contributed by atoms with Gasteiger partial charge in [0, 0.05) is 16.9 Å². The predicted octanol–water partition coefficient (Wildman–Crippen LogP) is 4.62. The maximum absolute atomic E-state index is 13.3. The molecule has 1 N–H and O–H groups in total. The second kappa shape index (κ2) is 8.37. The molecule has 0 saturated heterocycles. The standard InChI is InChI=1S/C22H25ClO4S/c1-14-20(24)15(2)22(28(25,26)19-11-9-18(23)10-12-19)16(3)21(14)27-13-17-7-5-4-6-8-17/h4-12,14-15,20-21,24H,13H2,1-3H3/t14-,15-,20+,21-/m0/s1. The Morgan fingerprint density at radius 2 is 1.64 bits per heavy atom. The summed E-state index contributed by atoms with van der Waals surface area (Å²) in [6.07, 6.45) is -1.30. The number of hydrogen-bond donors (Lipinski definition) is 1. The Morgan fingerprint density at radius 3 is 2.25 bits per heavy atom. The molecule has 0 aliphatic heterocycles. The van der Waals surface area contributed by atoms with Gasteiger partial charge in [0.25, 0.3) is 0 Å². The van der Waals surface area contributed by atoms with Crippen LogP contribution in [0.15, 0.2) is 70.0 Å². The molecule has 2 aromatic rings. The quantitative estimate of drug-likeness (QED) is 0.766. The summed E-state index contributed by atoms with van der Waals surface area (Å²) in [4.78, 5) is 0.403. The van der Waals surface area contributed by atoms with Crippen molar-refractivity contribution in [2.45, 2.75) is 44.5 Å². The third-order valence-electron chi connectivity index (χ3n) is 5.44. The fraction of sp³-hybridized carbons (Fsp3) is 0.364. The maximum Gasteiger partial charge on any atom is 0.203 e. The SMILES string of the molecule is CC1=C(S(=O)(=O)c2ccc(Cl)cc2)[C@@H](C)[C@H](O)[C@H](C)[C@@H]1OCc1ccccc1. The van der Waals surface area contributed by atoms with Crippen LogP contribution in [0.3, 0.4) is 0 Å². The second-order valence-electron chi connectivity index (χ2n) is 7.36. The van der Waals surface area contributed by atoms with E-state index in [0.29, 0.717) is 17.2 Å². The van der Waals surface area contributed by atoms with Gasteiger partial charge in [-0.05, 0) is 42.3 Å². The number of rotatable bonds is 5. The first kappa shape index (κ1) is 21.1. The first-order valence-corrected chi connectivity index (χ1v) is 11.1. The van der Waals surface area contributed by atoms with Gasteiger partial charge in [-0.2, -0.15) is 0 Å². The van der Waals surface area contributed by atoms with Crippen LogP contribution >= 0.6 is 11.6 Å². The zero-order valence-corrected chi connectivity index (χ0v) is 17.7. The maximum atomic E-state index is 13.3. The van der Waals surface area contributed by atoms with Gasteiger partial charge in [-0.15, -0.1) is 0 Å². The summed E-state index contributed by atoms with van der Waals surface area (Å²) in [6, 6.07) is 15.8. The summed E-state index contributed by atoms with van der Waals surface area (Å²) in [6.45, 7) is 5.78. The molecule has 0 fully saturated rings. The van der Waals surface area contributed by atoms with Crippen LogP contribution < -0.4 is 0 Å². The molecule has 1 aliphatic carbocycles. The van der Waals surface area contributed by atoms with Gasteiger partial charge in [0.2, 0.25) is 9.84 Å². The molecule has 0 radical (unpaired) electrons. The van der Waals surface area contributed by atoms with Gasteiger partial charge in [0.15, 0.2) is 0 Å². The topological polar surface area (TPSA) is 63.6 Å². The first-order chi connectivity index (χ1) is 13.2. The number of aliphatic hydroxyl groups is 1. The number of benzene rings is 2. The van der Waals surface area contributed by atoms with E-state index in [-0.39, 0.29) is 15.7 Å². The average molecular weight is 421 g/mol. The van der Waals surface area contributed by atoms with E-state index in [2.05, 4.69) is 0 Å². The summed E-state index contributed by atoms with van der Waals surface area (Å²) < 4.78 is 32.7. The summed E-state index contributed by atoms with van der Waals surface area (Å²) >= 11 is 5.90. The first-order valence-electron chi connectivity index (χ1n) is 9.28. The Labute approximate surface area is 171 Å². The third kappa shape index (κ3) is 4.03. The van der Waals surface area contributed by atoms with Crippen molar-refractivity contribution in [2.75, 3.05) is 0 Å². The highest BCUT2D eigenvalue weighted by molar-refractivity contribution is 7.95. The van der Waals surface area contributed by atoms with Gasteiger partial charge < -0.3 is 9.84 Å². The molecule has 1 aliphatic rings. The van der Waals surface area contributed by atoms with Crippen molar-refractivity contribution >= 4 is 21.4 Å². The lowest BCUT2D eigenvalue weighted by molar-refractivity contribution is -0.0402. The highest BCUT2D eigenvalue weighted by Crippen LogP contribution is 2.41. The Morgan fingerprint density at radius 1 is 1.04 bits per heavy atom. The molecule has 2 aromatic carbocycles. The monoisotopic (exact) mass is 420 g/mol. The molecular weight excluding hydrogens is 396 g/mol. The largest absolute Gasteiger partial charge is 0.392 e. The Hall–Kier alpha value is -1.66. The third-order valence-corrected chi connectivity index (χ3v) is 7.86. The van der Waals surface area contributed by atoms with Gasteiger partial charge in [0.05, 0.1) is 28.6 Å². The molecule has 0 amide bonds. The minimum atomic E-state index is -3.77. The summed E-state index contributed by atoms with van der Waals surface area (Å²) in [5.41, 5.74) is 1.65. The van der Waals surface area contributed by atoms with Crippen LogP contribution in [0.2, 0.25) is 5.02 Å². The minimum absolute atomic E-state index is 0.168. The fourth-order valence-electron chi connectivity index (χ4n) is 3.92. The molecule has 0 spiro atoms. The summed E-state index contributed by atoms with van der Waals surface area (Å²) in [5, 5.41) is 11.2. The van der Waals surface area contributed by atoms with Gasteiger partial charge in [0.1, 0.15) is 0 Å².